The summed E-state index contributed by atoms with van der Waals surface area (Å²) in [6.45, 7) is 2.29. The molecule has 8 rings (SSSR count). The molecule has 70 heavy (non-hydrogen) atoms. The van der Waals surface area contributed by atoms with Crippen molar-refractivity contribution in [3.05, 3.63) is 58.9 Å². The van der Waals surface area contributed by atoms with E-state index in [2.05, 4.69) is 59.0 Å². The number of thioether (sulfide) groups is 1. The van der Waals surface area contributed by atoms with Gasteiger partial charge in [0.25, 0.3) is 0 Å². The fourth-order valence-corrected chi connectivity index (χ4v) is 11.0. The van der Waals surface area contributed by atoms with Gasteiger partial charge in [-0.15, -0.1) is 16.9 Å². The minimum absolute atomic E-state index is 0.00712. The molecule has 0 spiro atoms. The number of carbonyl (C=O) groups is 3. The van der Waals surface area contributed by atoms with Crippen LogP contribution >= 0.6 is 23.4 Å². The van der Waals surface area contributed by atoms with Crippen LogP contribution in [0.3, 0.4) is 0 Å². The normalized spacial score (nSPS) is 24.1. The van der Waals surface area contributed by atoms with Gasteiger partial charge in [-0.3, -0.25) is 19.6 Å². The summed E-state index contributed by atoms with van der Waals surface area (Å²) in [5, 5.41) is 49.4. The number of fused-ring (bicyclic) bond motifs is 3. The van der Waals surface area contributed by atoms with Crippen LogP contribution in [0.4, 0.5) is 10.6 Å². The number of hydrogen-bond acceptors (Lipinski definition) is 17. The zero-order valence-corrected chi connectivity index (χ0v) is 40.7. The number of aromatic nitrogens is 7. The highest BCUT2D eigenvalue weighted by Crippen LogP contribution is 2.67. The number of aliphatic hydroxyl groups is 2. The summed E-state index contributed by atoms with van der Waals surface area (Å²) in [6, 6.07) is 6.96. The summed E-state index contributed by atoms with van der Waals surface area (Å²) in [7, 11) is 1.53. The summed E-state index contributed by atoms with van der Waals surface area (Å²) in [4.78, 5) is 50.6. The van der Waals surface area contributed by atoms with Gasteiger partial charge in [0.05, 0.1) is 53.6 Å². The number of aryl methyl sites for hydroxylation is 2. The van der Waals surface area contributed by atoms with Crippen molar-refractivity contribution in [2.45, 2.75) is 113 Å². The Labute approximate surface area is 414 Å². The first kappa shape index (κ1) is 51.2. The molecule has 0 radical (unpaired) electrons. The van der Waals surface area contributed by atoms with Crippen LogP contribution in [0, 0.1) is 23.2 Å². The maximum absolute atomic E-state index is 12.8. The van der Waals surface area contributed by atoms with Gasteiger partial charge in [0.15, 0.2) is 30.6 Å². The molecule has 2 saturated carbocycles. The number of halogens is 1. The molecule has 4 aromatic rings. The number of urea groups is 1. The Bertz CT molecular complexity index is 2470. The third-order valence-electron chi connectivity index (χ3n) is 13.0. The number of nitrogens with one attached hydrogen (secondary N) is 6. The maximum atomic E-state index is 12.8. The number of rotatable bonds is 28. The number of ether oxygens (including phenoxy) is 4. The Morgan fingerprint density at radius 2 is 1.89 bits per heavy atom. The maximum Gasteiger partial charge on any atom is 0.315 e. The van der Waals surface area contributed by atoms with Crippen molar-refractivity contribution in [1.29, 1.82) is 0 Å². The van der Waals surface area contributed by atoms with E-state index in [1.54, 1.807) is 22.7 Å². The van der Waals surface area contributed by atoms with E-state index in [-0.39, 0.29) is 74.2 Å². The van der Waals surface area contributed by atoms with E-state index in [4.69, 9.17) is 40.5 Å². The molecule has 4 fully saturated rings. The molecule has 2 aliphatic carbocycles. The van der Waals surface area contributed by atoms with Gasteiger partial charge >= 0.3 is 6.03 Å². The minimum atomic E-state index is -1.22. The predicted octanol–water partition coefficient (Wildman–Crippen LogP) is 2.15. The van der Waals surface area contributed by atoms with Crippen LogP contribution in [0.15, 0.2) is 36.8 Å². The number of benzene rings is 1. The quantitative estimate of drug-likeness (QED) is 0.0175. The third-order valence-corrected chi connectivity index (χ3v) is 14.6. The standard InChI is InChI=1S/C46H62ClN13O9S/c1-48-44(64)46-20-32(46)38(39(62)40(46)63)60-24-51-37-41(50-21-29-11-10-12-30(47)19-29)54-34(55-42(37)60)14-7-3-2-6-13-31-22-59(58-57-31)17-9-5-4-8-15-35(61)49-16-18-66-26-68-28-69-27-67-25-52-43-36-33(23-70-43)53-45(65)56-36/h10-12,19,22,24,32-33,36,38-40,43,52,62-63H,2-6,8-9,13,15-18,20-21,23,25-28H2,1H3,(H,48,64)(H,49,61)(H,50,54,55)(H2,53,56,65)/t32-,33?,36?,38-,39+,40+,43?,46+/m1/s1. The molecule has 3 unspecified atom stereocenters. The van der Waals surface area contributed by atoms with Gasteiger partial charge in [-0.2, -0.15) is 0 Å². The van der Waals surface area contributed by atoms with E-state index < -0.39 is 23.7 Å². The Hall–Kier alpha value is -5.16. The van der Waals surface area contributed by atoms with Gasteiger partial charge in [-0.25, -0.2) is 19.7 Å². The number of hydrogen-bond donors (Lipinski definition) is 8. The SMILES string of the molecule is CNC(=O)[C@@]12C[C@@H]1[C@@H](n1cnc3c(NCc4cccc(Cl)c4)nc(C#CCCCCc4cn(CCCCCCC(=O)NCCOCOCOCOCNC5SCC6NC(=O)NC65)nn4)nc31)[C@H](O)[C@@H]2O. The zero-order valence-electron chi connectivity index (χ0n) is 39.1. The van der Waals surface area contributed by atoms with Crippen LogP contribution < -0.4 is 31.9 Å². The molecule has 378 valence electrons. The van der Waals surface area contributed by atoms with Crippen LogP contribution in [0.2, 0.25) is 5.02 Å². The lowest BCUT2D eigenvalue weighted by Crippen LogP contribution is -2.45. The van der Waals surface area contributed by atoms with E-state index >= 15 is 0 Å². The van der Waals surface area contributed by atoms with Crippen molar-refractivity contribution in [3.63, 3.8) is 0 Å². The average molecular weight is 1010 g/mol. The first-order chi connectivity index (χ1) is 34.1. The van der Waals surface area contributed by atoms with Gasteiger partial charge in [0, 0.05) is 62.4 Å². The summed E-state index contributed by atoms with van der Waals surface area (Å²) >= 11 is 7.97. The Morgan fingerprint density at radius 1 is 1.04 bits per heavy atom. The molecule has 22 nitrogen and oxygen atoms in total. The minimum Gasteiger partial charge on any atom is -0.389 e. The second kappa shape index (κ2) is 24.8. The van der Waals surface area contributed by atoms with Crippen molar-refractivity contribution in [1.82, 2.24) is 61.1 Å². The highest BCUT2D eigenvalue weighted by atomic mass is 35.5. The number of carbonyl (C=O) groups excluding carboxylic acids is 3. The van der Waals surface area contributed by atoms with E-state index in [1.807, 2.05) is 35.1 Å². The molecule has 24 heteroatoms. The third kappa shape index (κ3) is 12.8. The van der Waals surface area contributed by atoms with Crippen molar-refractivity contribution in [3.8, 4) is 11.8 Å². The predicted molar refractivity (Wildman–Crippen MR) is 258 cm³/mol. The first-order valence-corrected chi connectivity index (χ1v) is 25.3. The molecule has 4 amide bonds. The number of unbranched alkanes of at least 4 members (excludes halogenated alkanes) is 5. The highest BCUT2D eigenvalue weighted by Gasteiger charge is 2.75. The van der Waals surface area contributed by atoms with Crippen molar-refractivity contribution in [2.24, 2.45) is 11.3 Å². The van der Waals surface area contributed by atoms with Crippen LogP contribution in [-0.2, 0) is 48.0 Å². The van der Waals surface area contributed by atoms with Gasteiger partial charge in [-0.1, -0.05) is 47.7 Å². The Morgan fingerprint density at radius 3 is 2.74 bits per heavy atom. The smallest absolute Gasteiger partial charge is 0.315 e. The first-order valence-electron chi connectivity index (χ1n) is 23.8. The van der Waals surface area contributed by atoms with Gasteiger partial charge < -0.3 is 60.3 Å². The molecule has 8 atom stereocenters. The summed E-state index contributed by atoms with van der Waals surface area (Å²) in [5.41, 5.74) is 1.76. The average Bonchev–Trinajstić information content (AvgIpc) is 3.83. The Balaban J connectivity index is 0.674. The lowest BCUT2D eigenvalue weighted by Gasteiger charge is -2.23. The van der Waals surface area contributed by atoms with Gasteiger partial charge in [0.1, 0.15) is 19.6 Å². The summed E-state index contributed by atoms with van der Waals surface area (Å²) < 4.78 is 24.9. The topological polar surface area (TPSA) is 275 Å². The number of nitrogens with zero attached hydrogens (tertiary/aromatic N) is 7. The summed E-state index contributed by atoms with van der Waals surface area (Å²) in [5.74, 6) is 7.37. The molecule has 5 heterocycles. The molecular formula is C46H62ClN13O9S. The van der Waals surface area contributed by atoms with Gasteiger partial charge in [0.2, 0.25) is 17.6 Å². The molecule has 2 saturated heterocycles. The monoisotopic (exact) mass is 1010 g/mol. The molecule has 8 N–H and O–H groups in total. The van der Waals surface area contributed by atoms with Crippen molar-refractivity contribution < 1.29 is 43.5 Å². The van der Waals surface area contributed by atoms with Crippen LogP contribution in [-0.4, -0.2) is 145 Å². The number of aliphatic hydroxyl groups excluding tert-OH is 2. The number of imidazole rings is 1. The number of anilines is 1. The fraction of sp³-hybridized carbons (Fsp3) is 0.609. The van der Waals surface area contributed by atoms with E-state index in [1.165, 1.54) is 7.05 Å². The largest absolute Gasteiger partial charge is 0.389 e. The fourth-order valence-electron chi connectivity index (χ4n) is 9.39. The van der Waals surface area contributed by atoms with E-state index in [9.17, 15) is 24.6 Å². The molecule has 4 aliphatic rings. The van der Waals surface area contributed by atoms with Crippen LogP contribution in [0.1, 0.15) is 80.9 Å². The number of amides is 4. The lowest BCUT2D eigenvalue weighted by molar-refractivity contribution is -0.171. The lowest BCUT2D eigenvalue weighted by atomic mass is 9.98. The molecule has 2 aliphatic heterocycles. The molecule has 1 aromatic carbocycles. The van der Waals surface area contributed by atoms with Crippen molar-refractivity contribution >= 4 is 58.2 Å². The highest BCUT2D eigenvalue weighted by molar-refractivity contribution is 8.00. The van der Waals surface area contributed by atoms with Gasteiger partial charge in [-0.05, 0) is 62.1 Å². The zero-order chi connectivity index (χ0) is 48.9. The second-order valence-electron chi connectivity index (χ2n) is 17.8. The van der Waals surface area contributed by atoms with Crippen molar-refractivity contribution in [2.75, 3.05) is 58.4 Å². The Kier molecular flexibility index (Phi) is 18.1. The van der Waals surface area contributed by atoms with E-state index in [0.29, 0.717) is 61.0 Å². The molecular weight excluding hydrogens is 946 g/mol. The van der Waals surface area contributed by atoms with E-state index in [0.717, 1.165) is 68.5 Å². The van der Waals surface area contributed by atoms with Crippen LogP contribution in [0.25, 0.3) is 11.2 Å². The van der Waals surface area contributed by atoms with Crippen LogP contribution in [0.5, 0.6) is 0 Å². The molecule has 3 aromatic heterocycles. The second-order valence-corrected chi connectivity index (χ2v) is 19.4. The summed E-state index contributed by atoms with van der Waals surface area (Å²) in [6.07, 6.45) is 8.82. The molecule has 0 bridgehead atoms.